The van der Waals surface area contributed by atoms with Crippen LogP contribution in [0.25, 0.3) is 0 Å². The van der Waals surface area contributed by atoms with Gasteiger partial charge in [0.15, 0.2) is 0 Å². The summed E-state index contributed by atoms with van der Waals surface area (Å²) in [5.41, 5.74) is 2.32. The normalized spacial score (nSPS) is 41.8. The molecule has 0 spiro atoms. The Balaban J connectivity index is 1.78. The Morgan fingerprint density at radius 2 is 2.35 bits per heavy atom. The van der Waals surface area contributed by atoms with E-state index in [9.17, 15) is 0 Å². The minimum atomic E-state index is -2.46. The number of hydrogen-bond donors (Lipinski definition) is 0. The number of rotatable bonds is 1. The van der Waals surface area contributed by atoms with Crippen molar-refractivity contribution in [3.63, 3.8) is 0 Å². The SMILES string of the molecule is [2H]C([2H])([2H])Oc1ccc2c(c1)[C@@]13CCCCC1[C@@H](C2)N(C([2H])([2H])[2H])CC3. The summed E-state index contributed by atoms with van der Waals surface area (Å²) in [6.45, 7) is -1.49. The molecule has 2 aliphatic carbocycles. The first-order valence-corrected chi connectivity index (χ1v) is 7.69. The summed E-state index contributed by atoms with van der Waals surface area (Å²) in [6.07, 6.45) is 5.90. The molecule has 2 nitrogen and oxygen atoms in total. The predicted octanol–water partition coefficient (Wildman–Crippen LogP) is 3.38. The van der Waals surface area contributed by atoms with Crippen molar-refractivity contribution in [2.45, 2.75) is 50.0 Å². The molecule has 3 atom stereocenters. The van der Waals surface area contributed by atoms with Crippen molar-refractivity contribution in [3.05, 3.63) is 29.3 Å². The van der Waals surface area contributed by atoms with Crippen LogP contribution in [0.5, 0.6) is 5.75 Å². The highest BCUT2D eigenvalue weighted by Gasteiger charge is 2.53. The third kappa shape index (κ3) is 1.60. The predicted molar refractivity (Wildman–Crippen MR) is 81.4 cm³/mol. The molecule has 1 saturated carbocycles. The maximum Gasteiger partial charge on any atom is 0.119 e. The number of fused-ring (bicyclic) bond motifs is 1. The number of likely N-dealkylation sites (tertiary alicyclic amines) is 1. The summed E-state index contributed by atoms with van der Waals surface area (Å²) in [6, 6.07) is 5.61. The molecular weight excluding hydrogens is 246 g/mol. The van der Waals surface area contributed by atoms with E-state index >= 15 is 0 Å². The van der Waals surface area contributed by atoms with Gasteiger partial charge in [0, 0.05) is 15.6 Å². The number of nitrogens with zero attached hydrogens (tertiary/aromatic N) is 1. The summed E-state index contributed by atoms with van der Waals surface area (Å²) in [5.74, 6) is 0.708. The Morgan fingerprint density at radius 1 is 1.35 bits per heavy atom. The molecule has 2 fully saturated rings. The minimum absolute atomic E-state index is 0.0354. The average molecular weight is 277 g/mol. The molecule has 0 amide bonds. The molecule has 0 N–H and O–H groups in total. The fourth-order valence-corrected chi connectivity index (χ4v) is 5.05. The molecule has 1 aliphatic heterocycles. The molecule has 1 saturated heterocycles. The molecule has 0 radical (unpaired) electrons. The third-order valence-electron chi connectivity index (χ3n) is 5.93. The van der Waals surface area contributed by atoms with Crippen LogP contribution in [0.15, 0.2) is 18.2 Å². The van der Waals surface area contributed by atoms with Gasteiger partial charge in [0.25, 0.3) is 0 Å². The van der Waals surface area contributed by atoms with E-state index in [2.05, 4.69) is 0 Å². The highest BCUT2D eigenvalue weighted by Crippen LogP contribution is 2.55. The summed E-state index contributed by atoms with van der Waals surface area (Å²) >= 11 is 0. The fourth-order valence-electron chi connectivity index (χ4n) is 5.05. The molecule has 1 aromatic carbocycles. The van der Waals surface area contributed by atoms with E-state index < -0.39 is 14.0 Å². The van der Waals surface area contributed by atoms with E-state index in [4.69, 9.17) is 13.0 Å². The van der Waals surface area contributed by atoms with Gasteiger partial charge in [-0.15, -0.1) is 0 Å². The zero-order valence-corrected chi connectivity index (χ0v) is 11.7. The number of hydrogen-bond acceptors (Lipinski definition) is 2. The molecule has 2 heteroatoms. The lowest BCUT2D eigenvalue weighted by Crippen LogP contribution is -2.59. The first-order chi connectivity index (χ1) is 12.1. The van der Waals surface area contributed by atoms with Gasteiger partial charge >= 0.3 is 0 Å². The Morgan fingerprint density at radius 3 is 3.25 bits per heavy atom. The van der Waals surface area contributed by atoms with Crippen LogP contribution in [0.3, 0.4) is 0 Å². The molecular formula is C18H25NO. The van der Waals surface area contributed by atoms with Gasteiger partial charge in [0.1, 0.15) is 5.75 Å². The van der Waals surface area contributed by atoms with Crippen molar-refractivity contribution in [2.75, 3.05) is 20.6 Å². The molecule has 1 unspecified atom stereocenters. The highest BCUT2D eigenvalue weighted by atomic mass is 16.5. The monoisotopic (exact) mass is 277 g/mol. The van der Waals surface area contributed by atoms with Gasteiger partial charge in [-0.1, -0.05) is 18.9 Å². The van der Waals surface area contributed by atoms with Crippen molar-refractivity contribution in [2.24, 2.45) is 5.92 Å². The van der Waals surface area contributed by atoms with Crippen molar-refractivity contribution in [1.82, 2.24) is 4.90 Å². The number of benzene rings is 1. The van der Waals surface area contributed by atoms with Gasteiger partial charge in [0.05, 0.1) is 11.2 Å². The van der Waals surface area contributed by atoms with Crippen LogP contribution in [-0.4, -0.2) is 31.5 Å². The zero-order valence-electron chi connectivity index (χ0n) is 17.7. The number of methoxy groups -OCH3 is 1. The average Bonchev–Trinajstić information content (AvgIpc) is 2.53. The Hall–Kier alpha value is -1.02. The van der Waals surface area contributed by atoms with E-state index in [1.54, 1.807) is 11.0 Å². The molecule has 108 valence electrons. The Labute approximate surface area is 130 Å². The quantitative estimate of drug-likeness (QED) is 0.780. The first-order valence-electron chi connectivity index (χ1n) is 10.7. The molecule has 2 bridgehead atoms. The topological polar surface area (TPSA) is 12.5 Å². The van der Waals surface area contributed by atoms with Crippen LogP contribution in [-0.2, 0) is 11.8 Å². The maximum atomic E-state index is 7.95. The van der Waals surface area contributed by atoms with E-state index in [1.165, 1.54) is 5.56 Å². The zero-order chi connectivity index (χ0) is 18.7. The van der Waals surface area contributed by atoms with E-state index in [0.717, 1.165) is 37.7 Å². The highest BCUT2D eigenvalue weighted by molar-refractivity contribution is 5.45. The maximum absolute atomic E-state index is 7.95. The van der Waals surface area contributed by atoms with Crippen molar-refractivity contribution in [1.29, 1.82) is 0 Å². The number of piperidine rings is 1. The van der Waals surface area contributed by atoms with Crippen molar-refractivity contribution in [3.8, 4) is 5.75 Å². The van der Waals surface area contributed by atoms with Crippen molar-refractivity contribution < 1.29 is 13.0 Å². The lowest BCUT2D eigenvalue weighted by atomic mass is 9.52. The standard InChI is InChI=1S/C18H25NO/c1-19-10-9-18-8-4-3-5-15(18)17(19)11-13-6-7-14(20-2)12-16(13)18/h6-7,12,15,17H,3-5,8-11H2,1-2H3/t15?,17-,18-/m1/s1/i1D3,2D3. The van der Waals surface area contributed by atoms with Crippen molar-refractivity contribution >= 4 is 0 Å². The lowest BCUT2D eigenvalue weighted by Gasteiger charge is -2.58. The van der Waals surface area contributed by atoms with Crippen LogP contribution in [0.2, 0.25) is 0 Å². The second-order valence-corrected chi connectivity index (χ2v) is 6.64. The lowest BCUT2D eigenvalue weighted by molar-refractivity contribution is 0.00274. The van der Waals surface area contributed by atoms with Crippen LogP contribution in [0.1, 0.15) is 51.5 Å². The Bertz CT molecular complexity index is 700. The second kappa shape index (κ2) is 4.49. The van der Waals surface area contributed by atoms with E-state index in [-0.39, 0.29) is 11.5 Å². The van der Waals surface area contributed by atoms with Crippen LogP contribution < -0.4 is 4.74 Å². The molecule has 0 aromatic heterocycles. The van der Waals surface area contributed by atoms with Crippen LogP contribution in [0.4, 0.5) is 0 Å². The molecule has 3 aliphatic rings. The van der Waals surface area contributed by atoms with Gasteiger partial charge < -0.3 is 9.64 Å². The smallest absolute Gasteiger partial charge is 0.119 e. The number of likely N-dealkylation sites (N-methyl/N-ethyl adjacent to an activating group) is 1. The van der Waals surface area contributed by atoms with Gasteiger partial charge in [-0.25, -0.2) is 0 Å². The fraction of sp³-hybridized carbons (Fsp3) is 0.667. The second-order valence-electron chi connectivity index (χ2n) is 6.64. The Kier molecular flexibility index (Phi) is 1.76. The minimum Gasteiger partial charge on any atom is -0.497 e. The van der Waals surface area contributed by atoms with Gasteiger partial charge in [-0.05, 0) is 68.4 Å². The van der Waals surface area contributed by atoms with E-state index in [1.807, 2.05) is 12.1 Å². The van der Waals surface area contributed by atoms with Gasteiger partial charge in [-0.2, -0.15) is 0 Å². The number of ether oxygens (including phenoxy) is 1. The van der Waals surface area contributed by atoms with E-state index in [0.29, 0.717) is 24.6 Å². The molecule has 4 rings (SSSR count). The van der Waals surface area contributed by atoms with Gasteiger partial charge in [-0.3, -0.25) is 0 Å². The van der Waals surface area contributed by atoms with Crippen LogP contribution in [0, 0.1) is 5.92 Å². The van der Waals surface area contributed by atoms with Gasteiger partial charge in [0.2, 0.25) is 0 Å². The molecule has 1 aromatic rings. The molecule has 20 heavy (non-hydrogen) atoms. The first kappa shape index (κ1) is 7.84. The molecule has 1 heterocycles. The summed E-state index contributed by atoms with van der Waals surface area (Å²) in [4.78, 5) is 1.73. The summed E-state index contributed by atoms with van der Waals surface area (Å²) < 4.78 is 51.1. The van der Waals surface area contributed by atoms with Crippen LogP contribution >= 0.6 is 0 Å². The largest absolute Gasteiger partial charge is 0.497 e. The third-order valence-corrected chi connectivity index (χ3v) is 5.93. The summed E-state index contributed by atoms with van der Waals surface area (Å²) in [5, 5.41) is 0. The summed E-state index contributed by atoms with van der Waals surface area (Å²) in [7, 11) is -2.46.